The van der Waals surface area contributed by atoms with Crippen LogP contribution in [0.3, 0.4) is 0 Å². The van der Waals surface area contributed by atoms with Gasteiger partial charge >= 0.3 is 0 Å². The summed E-state index contributed by atoms with van der Waals surface area (Å²) in [6.07, 6.45) is 0.895. The van der Waals surface area contributed by atoms with Crippen molar-refractivity contribution in [1.29, 1.82) is 0 Å². The minimum Gasteiger partial charge on any atom is -0.378 e. The molecule has 3 N–H and O–H groups in total. The van der Waals surface area contributed by atoms with E-state index in [0.717, 1.165) is 48.4 Å². The molecule has 0 spiro atoms. The average molecular weight is 421 g/mol. The number of anilines is 1. The molecule has 24 heavy (non-hydrogen) atoms. The Kier molecular flexibility index (Phi) is 9.05. The number of hydrogen-bond donors (Lipinski definition) is 2. The molecule has 0 saturated carbocycles. The smallest absolute Gasteiger partial charge is 0.237 e. The third-order valence-corrected chi connectivity index (χ3v) is 4.91. The number of ether oxygens (including phenoxy) is 1. The molecule has 1 aromatic carbocycles. The number of nitrogens with zero attached hydrogens (tertiary/aromatic N) is 1. The zero-order valence-corrected chi connectivity index (χ0v) is 16.7. The molecule has 1 aliphatic heterocycles. The van der Waals surface area contributed by atoms with Gasteiger partial charge in [0, 0.05) is 29.8 Å². The van der Waals surface area contributed by atoms with Gasteiger partial charge in [-0.3, -0.25) is 4.79 Å². The van der Waals surface area contributed by atoms with Crippen LogP contribution in [-0.2, 0) is 16.1 Å². The Morgan fingerprint density at radius 1 is 1.42 bits per heavy atom. The van der Waals surface area contributed by atoms with Crippen LogP contribution in [0.25, 0.3) is 0 Å². The normalized spacial score (nSPS) is 16.9. The maximum Gasteiger partial charge on any atom is 0.237 e. The zero-order valence-electron chi connectivity index (χ0n) is 14.3. The molecule has 2 atom stereocenters. The van der Waals surface area contributed by atoms with Crippen LogP contribution in [0.4, 0.5) is 5.69 Å². The van der Waals surface area contributed by atoms with Gasteiger partial charge in [0.05, 0.1) is 19.3 Å². The lowest BCUT2D eigenvalue weighted by molar-refractivity contribution is -0.123. The van der Waals surface area contributed by atoms with Gasteiger partial charge in [-0.15, -0.1) is 12.4 Å². The molecule has 7 heteroatoms. The van der Waals surface area contributed by atoms with Crippen molar-refractivity contribution in [3.63, 3.8) is 0 Å². The van der Waals surface area contributed by atoms with Gasteiger partial charge in [0.1, 0.15) is 0 Å². The van der Waals surface area contributed by atoms with Crippen molar-refractivity contribution in [2.24, 2.45) is 11.7 Å². The van der Waals surface area contributed by atoms with E-state index in [1.54, 1.807) is 0 Å². The molecule has 0 aliphatic carbocycles. The van der Waals surface area contributed by atoms with E-state index in [9.17, 15) is 4.79 Å². The second-order valence-electron chi connectivity index (χ2n) is 6.00. The second kappa shape index (κ2) is 10.2. The number of morpholine rings is 1. The Balaban J connectivity index is 0.00000288. The molecular formula is C17H27BrClN3O2. The minimum absolute atomic E-state index is 0. The third-order valence-electron chi connectivity index (χ3n) is 4.41. The molecule has 5 nitrogen and oxygen atoms in total. The molecule has 1 saturated heterocycles. The van der Waals surface area contributed by atoms with Crippen LogP contribution in [0.5, 0.6) is 0 Å². The Bertz CT molecular complexity index is 539. The number of rotatable bonds is 6. The first-order valence-corrected chi connectivity index (χ1v) is 8.96. The van der Waals surface area contributed by atoms with Crippen molar-refractivity contribution in [3.05, 3.63) is 28.2 Å². The van der Waals surface area contributed by atoms with Crippen LogP contribution in [0.2, 0.25) is 0 Å². The summed E-state index contributed by atoms with van der Waals surface area (Å²) in [6.45, 7) is 7.73. The summed E-state index contributed by atoms with van der Waals surface area (Å²) in [7, 11) is 0. The molecule has 0 bridgehead atoms. The number of carbonyl (C=O) groups is 1. The van der Waals surface area contributed by atoms with Crippen molar-refractivity contribution in [1.82, 2.24) is 5.32 Å². The van der Waals surface area contributed by atoms with Gasteiger partial charge in [-0.05, 0) is 23.6 Å². The fourth-order valence-electron chi connectivity index (χ4n) is 2.60. The van der Waals surface area contributed by atoms with Crippen LogP contribution in [0, 0.1) is 5.92 Å². The monoisotopic (exact) mass is 419 g/mol. The third kappa shape index (κ3) is 5.62. The largest absolute Gasteiger partial charge is 0.378 e. The van der Waals surface area contributed by atoms with Crippen LogP contribution in [-0.4, -0.2) is 38.3 Å². The van der Waals surface area contributed by atoms with E-state index in [0.29, 0.717) is 6.54 Å². The summed E-state index contributed by atoms with van der Waals surface area (Å²) in [5, 5.41) is 2.98. The second-order valence-corrected chi connectivity index (χ2v) is 6.92. The number of carbonyl (C=O) groups excluding carboxylic acids is 1. The van der Waals surface area contributed by atoms with Crippen molar-refractivity contribution >= 4 is 39.9 Å². The zero-order chi connectivity index (χ0) is 16.8. The predicted molar refractivity (Wildman–Crippen MR) is 104 cm³/mol. The predicted octanol–water partition coefficient (Wildman–Crippen LogP) is 2.70. The maximum atomic E-state index is 12.2. The molecule has 136 valence electrons. The Labute approximate surface area is 158 Å². The minimum atomic E-state index is -0.456. The van der Waals surface area contributed by atoms with E-state index in [1.165, 1.54) is 0 Å². The lowest BCUT2D eigenvalue weighted by Gasteiger charge is -2.31. The van der Waals surface area contributed by atoms with Gasteiger partial charge in [0.2, 0.25) is 5.91 Å². The highest BCUT2D eigenvalue weighted by molar-refractivity contribution is 9.10. The van der Waals surface area contributed by atoms with Crippen molar-refractivity contribution in [3.8, 4) is 0 Å². The van der Waals surface area contributed by atoms with E-state index in [2.05, 4.69) is 32.2 Å². The van der Waals surface area contributed by atoms with E-state index in [1.807, 2.05) is 26.0 Å². The van der Waals surface area contributed by atoms with Gasteiger partial charge in [0.15, 0.2) is 0 Å². The van der Waals surface area contributed by atoms with Crippen molar-refractivity contribution < 1.29 is 9.53 Å². The number of benzene rings is 1. The highest BCUT2D eigenvalue weighted by atomic mass is 79.9. The Hall–Kier alpha value is -0.820. The molecule has 1 aliphatic rings. The fourth-order valence-corrected chi connectivity index (χ4v) is 2.95. The topological polar surface area (TPSA) is 67.6 Å². The standard InChI is InChI=1S/C17H26BrN3O2.ClH/c1-3-12(2)16(19)17(22)20-11-13-4-5-14(18)10-15(13)21-6-8-23-9-7-21;/h4-5,10,12,16H,3,6-9,11,19H2,1-2H3,(H,20,22);1H. The van der Waals surface area contributed by atoms with Gasteiger partial charge in [-0.2, -0.15) is 0 Å². The number of halogens is 2. The van der Waals surface area contributed by atoms with Crippen LogP contribution in [0.15, 0.2) is 22.7 Å². The first-order chi connectivity index (χ1) is 11.0. The highest BCUT2D eigenvalue weighted by Crippen LogP contribution is 2.26. The van der Waals surface area contributed by atoms with Crippen molar-refractivity contribution in [2.45, 2.75) is 32.9 Å². The Morgan fingerprint density at radius 2 is 2.08 bits per heavy atom. The summed E-state index contributed by atoms with van der Waals surface area (Å²) in [5.41, 5.74) is 8.23. The van der Waals surface area contributed by atoms with Gasteiger partial charge in [-0.25, -0.2) is 0 Å². The van der Waals surface area contributed by atoms with E-state index < -0.39 is 6.04 Å². The first-order valence-electron chi connectivity index (χ1n) is 8.17. The van der Waals surface area contributed by atoms with Gasteiger partial charge < -0.3 is 20.7 Å². The fraction of sp³-hybridized carbons (Fsp3) is 0.588. The first kappa shape index (κ1) is 21.2. The number of nitrogens with one attached hydrogen (secondary N) is 1. The van der Waals surface area contributed by atoms with Gasteiger partial charge in [-0.1, -0.05) is 42.3 Å². The molecule has 0 radical (unpaired) electrons. The molecule has 1 heterocycles. The number of nitrogens with two attached hydrogens (primary N) is 1. The molecule has 2 rings (SSSR count). The maximum absolute atomic E-state index is 12.2. The molecule has 0 aromatic heterocycles. The Morgan fingerprint density at radius 3 is 2.71 bits per heavy atom. The summed E-state index contributed by atoms with van der Waals surface area (Å²) < 4.78 is 6.45. The summed E-state index contributed by atoms with van der Waals surface area (Å²) in [4.78, 5) is 14.5. The van der Waals surface area contributed by atoms with E-state index in [-0.39, 0.29) is 24.2 Å². The highest BCUT2D eigenvalue weighted by Gasteiger charge is 2.20. The molecule has 2 unspecified atom stereocenters. The lowest BCUT2D eigenvalue weighted by Crippen LogP contribution is -2.44. The van der Waals surface area contributed by atoms with Crippen LogP contribution in [0.1, 0.15) is 25.8 Å². The lowest BCUT2D eigenvalue weighted by atomic mass is 9.99. The van der Waals surface area contributed by atoms with Crippen molar-refractivity contribution in [2.75, 3.05) is 31.2 Å². The number of amides is 1. The molecule has 1 fully saturated rings. The molecular weight excluding hydrogens is 394 g/mol. The average Bonchev–Trinajstić information content (AvgIpc) is 2.59. The summed E-state index contributed by atoms with van der Waals surface area (Å²) >= 11 is 3.53. The SMILES string of the molecule is CCC(C)C(N)C(=O)NCc1ccc(Br)cc1N1CCOCC1.Cl. The number of hydrogen-bond acceptors (Lipinski definition) is 4. The van der Waals surface area contributed by atoms with Gasteiger partial charge in [0.25, 0.3) is 0 Å². The molecule has 1 aromatic rings. The van der Waals surface area contributed by atoms with E-state index >= 15 is 0 Å². The summed E-state index contributed by atoms with van der Waals surface area (Å²) in [6, 6.07) is 5.69. The summed E-state index contributed by atoms with van der Waals surface area (Å²) in [5.74, 6) is 0.0915. The van der Waals surface area contributed by atoms with E-state index in [4.69, 9.17) is 10.5 Å². The molecule has 1 amide bonds. The quantitative estimate of drug-likeness (QED) is 0.742. The van der Waals surface area contributed by atoms with Crippen LogP contribution >= 0.6 is 28.3 Å². The van der Waals surface area contributed by atoms with Crippen LogP contribution < -0.4 is 16.0 Å².